The van der Waals surface area contributed by atoms with E-state index in [0.717, 1.165) is 10.6 Å². The molecule has 0 aliphatic carbocycles. The number of esters is 1. The fourth-order valence-corrected chi connectivity index (χ4v) is 3.36. The predicted octanol–water partition coefficient (Wildman–Crippen LogP) is 4.87. The number of hydrogen-bond acceptors (Lipinski definition) is 7. The van der Waals surface area contributed by atoms with E-state index in [1.807, 2.05) is 42.5 Å². The van der Waals surface area contributed by atoms with E-state index >= 15 is 0 Å². The highest BCUT2D eigenvalue weighted by molar-refractivity contribution is 7.13. The van der Waals surface area contributed by atoms with Crippen molar-refractivity contribution in [2.45, 2.75) is 6.61 Å². The topological polar surface area (TPSA) is 78.1 Å². The summed E-state index contributed by atoms with van der Waals surface area (Å²) < 4.78 is 10.3. The Kier molecular flexibility index (Phi) is 4.95. The van der Waals surface area contributed by atoms with E-state index in [1.54, 1.807) is 17.5 Å². The number of rotatable bonds is 5. The fourth-order valence-electron chi connectivity index (χ4n) is 2.35. The Morgan fingerprint density at radius 2 is 1.85 bits per heavy atom. The third-order valence-corrected chi connectivity index (χ3v) is 4.86. The van der Waals surface area contributed by atoms with Crippen LogP contribution in [0.15, 0.2) is 64.5 Å². The minimum absolute atomic E-state index is 0.144. The van der Waals surface area contributed by atoms with E-state index in [4.69, 9.17) is 20.9 Å². The average molecular weight is 398 g/mol. The van der Waals surface area contributed by atoms with E-state index in [9.17, 15) is 4.79 Å². The molecule has 0 fully saturated rings. The van der Waals surface area contributed by atoms with Crippen LogP contribution in [0.5, 0.6) is 0 Å². The molecule has 0 radical (unpaired) electrons. The van der Waals surface area contributed by atoms with Gasteiger partial charge < -0.3 is 9.26 Å². The third-order valence-electron chi connectivity index (χ3n) is 3.64. The number of hydrogen-bond donors (Lipinski definition) is 0. The van der Waals surface area contributed by atoms with Crippen LogP contribution in [0.1, 0.15) is 16.4 Å². The molecule has 0 amide bonds. The fraction of sp³-hybridized carbons (Fsp3) is 0.0526. The van der Waals surface area contributed by atoms with Gasteiger partial charge in [-0.3, -0.25) is 0 Å². The Morgan fingerprint density at radius 3 is 2.67 bits per heavy atom. The van der Waals surface area contributed by atoms with Gasteiger partial charge in [0.2, 0.25) is 5.82 Å². The predicted molar refractivity (Wildman–Crippen MR) is 101 cm³/mol. The van der Waals surface area contributed by atoms with Gasteiger partial charge in [0.25, 0.3) is 5.89 Å². The Balaban J connectivity index is 1.42. The lowest BCUT2D eigenvalue weighted by molar-refractivity contribution is 0.0424. The third kappa shape index (κ3) is 3.89. The summed E-state index contributed by atoms with van der Waals surface area (Å²) in [7, 11) is 0. The van der Waals surface area contributed by atoms with Crippen molar-refractivity contribution in [1.29, 1.82) is 0 Å². The van der Waals surface area contributed by atoms with Crippen molar-refractivity contribution >= 4 is 28.9 Å². The molecule has 0 bridgehead atoms. The van der Waals surface area contributed by atoms with Crippen molar-refractivity contribution in [1.82, 2.24) is 15.1 Å². The normalized spacial score (nSPS) is 10.7. The van der Waals surface area contributed by atoms with Gasteiger partial charge in [0.05, 0.1) is 5.02 Å². The Bertz CT molecular complexity index is 1080. The van der Waals surface area contributed by atoms with Gasteiger partial charge in [-0.1, -0.05) is 59.2 Å². The molecule has 8 heteroatoms. The van der Waals surface area contributed by atoms with Gasteiger partial charge in [-0.2, -0.15) is 4.98 Å². The molecular weight excluding hydrogens is 386 g/mol. The standard InChI is InChI=1S/C19H12ClN3O3S/c20-14-9-5-4-8-13(14)17-22-16(26-23-17)10-25-19(24)15-11-27-18(21-15)12-6-2-1-3-7-12/h1-9,11H,10H2. The molecule has 0 aliphatic heterocycles. The van der Waals surface area contributed by atoms with Crippen molar-refractivity contribution in [2.75, 3.05) is 0 Å². The summed E-state index contributed by atoms with van der Waals surface area (Å²) in [6, 6.07) is 16.8. The van der Waals surface area contributed by atoms with Crippen molar-refractivity contribution in [3.05, 3.63) is 76.6 Å². The first kappa shape index (κ1) is 17.4. The molecule has 6 nitrogen and oxygen atoms in total. The molecule has 2 aromatic heterocycles. The van der Waals surface area contributed by atoms with E-state index in [2.05, 4.69) is 15.1 Å². The Labute approximate surface area is 163 Å². The van der Waals surface area contributed by atoms with Gasteiger partial charge in [0, 0.05) is 16.5 Å². The van der Waals surface area contributed by atoms with Crippen LogP contribution in [0.2, 0.25) is 5.02 Å². The van der Waals surface area contributed by atoms with Crippen molar-refractivity contribution in [3.63, 3.8) is 0 Å². The quantitative estimate of drug-likeness (QED) is 0.447. The molecule has 0 spiro atoms. The summed E-state index contributed by atoms with van der Waals surface area (Å²) in [5.41, 5.74) is 1.83. The summed E-state index contributed by atoms with van der Waals surface area (Å²) in [5, 5.41) is 6.79. The van der Waals surface area contributed by atoms with Gasteiger partial charge in [-0.15, -0.1) is 11.3 Å². The number of nitrogens with zero attached hydrogens (tertiary/aromatic N) is 3. The van der Waals surface area contributed by atoms with Crippen LogP contribution >= 0.6 is 22.9 Å². The van der Waals surface area contributed by atoms with Crippen LogP contribution in [0, 0.1) is 0 Å². The summed E-state index contributed by atoms with van der Waals surface area (Å²) in [6.07, 6.45) is 0. The van der Waals surface area contributed by atoms with Crippen molar-refractivity contribution < 1.29 is 14.1 Å². The first-order valence-electron chi connectivity index (χ1n) is 7.96. The number of thiazole rings is 1. The molecule has 0 atom stereocenters. The molecule has 134 valence electrons. The maximum absolute atomic E-state index is 12.2. The van der Waals surface area contributed by atoms with Gasteiger partial charge in [-0.25, -0.2) is 9.78 Å². The lowest BCUT2D eigenvalue weighted by Crippen LogP contribution is -2.05. The highest BCUT2D eigenvalue weighted by Gasteiger charge is 2.16. The van der Waals surface area contributed by atoms with Crippen LogP contribution < -0.4 is 0 Å². The molecule has 0 aliphatic rings. The highest BCUT2D eigenvalue weighted by Crippen LogP contribution is 2.26. The van der Waals surface area contributed by atoms with Crippen LogP contribution in [-0.4, -0.2) is 21.1 Å². The number of ether oxygens (including phenoxy) is 1. The minimum atomic E-state index is -0.550. The zero-order chi connectivity index (χ0) is 18.6. The molecular formula is C19H12ClN3O3S. The molecule has 27 heavy (non-hydrogen) atoms. The van der Waals surface area contributed by atoms with Crippen molar-refractivity contribution in [2.24, 2.45) is 0 Å². The summed E-state index contributed by atoms with van der Waals surface area (Å²) >= 11 is 7.49. The second-order valence-electron chi connectivity index (χ2n) is 5.47. The molecule has 4 rings (SSSR count). The van der Waals surface area contributed by atoms with Gasteiger partial charge in [0.1, 0.15) is 5.01 Å². The van der Waals surface area contributed by atoms with Crippen LogP contribution in [0.3, 0.4) is 0 Å². The largest absolute Gasteiger partial charge is 0.451 e. The highest BCUT2D eigenvalue weighted by atomic mass is 35.5. The van der Waals surface area contributed by atoms with Crippen LogP contribution in [0.25, 0.3) is 22.0 Å². The number of carbonyl (C=O) groups excluding carboxylic acids is 1. The Hall–Kier alpha value is -3.03. The summed E-state index contributed by atoms with van der Waals surface area (Å²) in [6.45, 7) is -0.144. The first-order valence-corrected chi connectivity index (χ1v) is 9.22. The van der Waals surface area contributed by atoms with Gasteiger partial charge in [0.15, 0.2) is 12.3 Å². The second kappa shape index (κ2) is 7.69. The zero-order valence-electron chi connectivity index (χ0n) is 13.8. The van der Waals surface area contributed by atoms with Crippen LogP contribution in [-0.2, 0) is 11.3 Å². The van der Waals surface area contributed by atoms with E-state index in [1.165, 1.54) is 11.3 Å². The van der Waals surface area contributed by atoms with Gasteiger partial charge >= 0.3 is 5.97 Å². The summed E-state index contributed by atoms with van der Waals surface area (Å²) in [5.74, 6) is -0.0330. The zero-order valence-corrected chi connectivity index (χ0v) is 15.4. The number of benzene rings is 2. The van der Waals surface area contributed by atoms with E-state index in [0.29, 0.717) is 16.4 Å². The Morgan fingerprint density at radius 1 is 1.07 bits per heavy atom. The van der Waals surface area contributed by atoms with E-state index < -0.39 is 5.97 Å². The lowest BCUT2D eigenvalue weighted by Gasteiger charge is -1.98. The molecule has 0 unspecified atom stereocenters. The molecule has 0 saturated carbocycles. The maximum atomic E-state index is 12.2. The van der Waals surface area contributed by atoms with E-state index in [-0.39, 0.29) is 18.2 Å². The smallest absolute Gasteiger partial charge is 0.358 e. The number of carbonyl (C=O) groups is 1. The molecule has 2 aromatic carbocycles. The van der Waals surface area contributed by atoms with Gasteiger partial charge in [-0.05, 0) is 12.1 Å². The first-order chi connectivity index (χ1) is 13.2. The molecule has 0 N–H and O–H groups in total. The second-order valence-corrected chi connectivity index (χ2v) is 6.74. The lowest BCUT2D eigenvalue weighted by atomic mass is 10.2. The molecule has 4 aromatic rings. The average Bonchev–Trinajstić information content (AvgIpc) is 3.37. The molecule has 0 saturated heterocycles. The number of aromatic nitrogens is 3. The molecule has 2 heterocycles. The summed E-state index contributed by atoms with van der Waals surface area (Å²) in [4.78, 5) is 20.7. The SMILES string of the molecule is O=C(OCc1nc(-c2ccccc2Cl)no1)c1csc(-c2ccccc2)n1. The van der Waals surface area contributed by atoms with Crippen LogP contribution in [0.4, 0.5) is 0 Å². The minimum Gasteiger partial charge on any atom is -0.451 e. The van der Waals surface area contributed by atoms with Crippen molar-refractivity contribution in [3.8, 4) is 22.0 Å². The number of halogens is 1. The maximum Gasteiger partial charge on any atom is 0.358 e. The monoisotopic (exact) mass is 397 g/mol.